The first-order valence-corrected chi connectivity index (χ1v) is 8.32. The van der Waals surface area contributed by atoms with Crippen molar-refractivity contribution >= 4 is 35.1 Å². The number of carboxylic acids is 1. The van der Waals surface area contributed by atoms with Gasteiger partial charge in [0.25, 0.3) is 0 Å². The monoisotopic (exact) mass is 315 g/mol. The Morgan fingerprint density at radius 2 is 2.25 bits per heavy atom. The molecule has 1 unspecified atom stereocenters. The number of carboxylic acid groups (broad SMARTS) is 1. The molecule has 20 heavy (non-hydrogen) atoms. The molecule has 0 spiro atoms. The van der Waals surface area contributed by atoms with Crippen LogP contribution in [0.3, 0.4) is 0 Å². The summed E-state index contributed by atoms with van der Waals surface area (Å²) in [6, 6.07) is -0.230. The van der Waals surface area contributed by atoms with Gasteiger partial charge in [0, 0.05) is 6.54 Å². The van der Waals surface area contributed by atoms with E-state index in [1.807, 2.05) is 11.8 Å². The highest BCUT2D eigenvalue weighted by molar-refractivity contribution is 7.99. The topological polar surface area (TPSA) is 91.3 Å². The number of aromatic nitrogens is 1. The van der Waals surface area contributed by atoms with Crippen LogP contribution in [0.25, 0.3) is 0 Å². The van der Waals surface area contributed by atoms with Crippen LogP contribution in [0.2, 0.25) is 0 Å². The first-order valence-electron chi connectivity index (χ1n) is 6.35. The Kier molecular flexibility index (Phi) is 5.24. The Bertz CT molecular complexity index is 498. The zero-order valence-corrected chi connectivity index (χ0v) is 12.8. The van der Waals surface area contributed by atoms with E-state index in [1.165, 1.54) is 5.75 Å². The smallest absolute Gasteiger partial charge is 0.347 e. The third-order valence-electron chi connectivity index (χ3n) is 3.01. The Balaban J connectivity index is 1.75. The molecule has 2 amide bonds. The molecule has 0 aliphatic carbocycles. The van der Waals surface area contributed by atoms with Gasteiger partial charge in [-0.2, -0.15) is 11.8 Å². The number of aryl methyl sites for hydroxylation is 1. The van der Waals surface area contributed by atoms with E-state index in [-0.39, 0.29) is 17.5 Å². The number of thiazole rings is 1. The minimum atomic E-state index is -0.977. The van der Waals surface area contributed by atoms with Crippen molar-refractivity contribution < 1.29 is 14.7 Å². The molecule has 1 aromatic rings. The molecule has 2 rings (SSSR count). The molecule has 1 aliphatic rings. The molecule has 0 radical (unpaired) electrons. The summed E-state index contributed by atoms with van der Waals surface area (Å²) in [6.45, 7) is 2.60. The summed E-state index contributed by atoms with van der Waals surface area (Å²) >= 11 is 3.01. The van der Waals surface area contributed by atoms with Gasteiger partial charge < -0.3 is 15.7 Å². The number of urea groups is 1. The molecule has 0 bridgehead atoms. The summed E-state index contributed by atoms with van der Waals surface area (Å²) in [5.74, 6) is 1.86. The maximum Gasteiger partial charge on any atom is 0.347 e. The molecule has 2 heterocycles. The third kappa shape index (κ3) is 4.11. The van der Waals surface area contributed by atoms with E-state index in [9.17, 15) is 9.59 Å². The van der Waals surface area contributed by atoms with Gasteiger partial charge in [0.1, 0.15) is 9.88 Å². The van der Waals surface area contributed by atoms with Gasteiger partial charge in [-0.05, 0) is 30.8 Å². The molecule has 110 valence electrons. The number of aromatic carboxylic acids is 1. The SMILES string of the molecule is Cc1nc(CNC(=O)NCC2CCSC2)sc1C(=O)O. The Morgan fingerprint density at radius 1 is 1.45 bits per heavy atom. The predicted octanol–water partition coefficient (Wildman–Crippen LogP) is 1.70. The highest BCUT2D eigenvalue weighted by atomic mass is 32.2. The number of hydrogen-bond acceptors (Lipinski definition) is 5. The van der Waals surface area contributed by atoms with Crippen LogP contribution >= 0.6 is 23.1 Å². The lowest BCUT2D eigenvalue weighted by atomic mass is 10.1. The summed E-state index contributed by atoms with van der Waals surface area (Å²) in [5, 5.41) is 15.1. The molecule has 1 atom stereocenters. The van der Waals surface area contributed by atoms with E-state index in [0.717, 1.165) is 23.5 Å². The quantitative estimate of drug-likeness (QED) is 0.769. The number of thioether (sulfide) groups is 1. The molecule has 0 saturated carbocycles. The van der Waals surface area contributed by atoms with Crippen LogP contribution in [0, 0.1) is 12.8 Å². The average Bonchev–Trinajstić information content (AvgIpc) is 3.03. The molecule has 6 nitrogen and oxygen atoms in total. The summed E-state index contributed by atoms with van der Waals surface area (Å²) in [6.07, 6.45) is 1.15. The highest BCUT2D eigenvalue weighted by Crippen LogP contribution is 2.22. The number of amides is 2. The Morgan fingerprint density at radius 3 is 2.85 bits per heavy atom. The predicted molar refractivity (Wildman–Crippen MR) is 79.5 cm³/mol. The van der Waals surface area contributed by atoms with Crippen LogP contribution in [0.1, 0.15) is 26.8 Å². The minimum Gasteiger partial charge on any atom is -0.477 e. The first kappa shape index (κ1) is 15.1. The van der Waals surface area contributed by atoms with Gasteiger partial charge in [-0.15, -0.1) is 11.3 Å². The van der Waals surface area contributed by atoms with Crippen molar-refractivity contribution in [1.29, 1.82) is 0 Å². The number of rotatable bonds is 5. The van der Waals surface area contributed by atoms with E-state index >= 15 is 0 Å². The standard InChI is InChI=1S/C12H17N3O3S2/c1-7-10(11(16)17)20-9(15-7)5-14-12(18)13-4-8-2-3-19-6-8/h8H,2-6H2,1H3,(H,16,17)(H2,13,14,18). The van der Waals surface area contributed by atoms with Gasteiger partial charge in [0.15, 0.2) is 0 Å². The summed E-state index contributed by atoms with van der Waals surface area (Å²) < 4.78 is 0. The number of nitrogens with zero attached hydrogens (tertiary/aromatic N) is 1. The molecule has 3 N–H and O–H groups in total. The largest absolute Gasteiger partial charge is 0.477 e. The second-order valence-electron chi connectivity index (χ2n) is 4.62. The van der Waals surface area contributed by atoms with Crippen LogP contribution < -0.4 is 10.6 Å². The number of carbonyl (C=O) groups excluding carboxylic acids is 1. The van der Waals surface area contributed by atoms with Crippen LogP contribution in [0.5, 0.6) is 0 Å². The van der Waals surface area contributed by atoms with Crippen molar-refractivity contribution in [3.63, 3.8) is 0 Å². The lowest BCUT2D eigenvalue weighted by Crippen LogP contribution is -2.37. The van der Waals surface area contributed by atoms with Crippen LogP contribution in [-0.2, 0) is 6.54 Å². The number of carbonyl (C=O) groups is 2. The van der Waals surface area contributed by atoms with E-state index in [2.05, 4.69) is 15.6 Å². The lowest BCUT2D eigenvalue weighted by Gasteiger charge is -2.10. The molecule has 0 aromatic carbocycles. The average molecular weight is 315 g/mol. The molecular formula is C12H17N3O3S2. The van der Waals surface area contributed by atoms with Crippen LogP contribution in [0.15, 0.2) is 0 Å². The maximum atomic E-state index is 11.6. The maximum absolute atomic E-state index is 11.6. The fourth-order valence-electron chi connectivity index (χ4n) is 1.93. The molecule has 1 aromatic heterocycles. The van der Waals surface area contributed by atoms with Gasteiger partial charge >= 0.3 is 12.0 Å². The second kappa shape index (κ2) is 6.94. The van der Waals surface area contributed by atoms with E-state index in [1.54, 1.807) is 6.92 Å². The molecule has 8 heteroatoms. The van der Waals surface area contributed by atoms with Crippen molar-refractivity contribution in [3.8, 4) is 0 Å². The van der Waals surface area contributed by atoms with Gasteiger partial charge in [-0.25, -0.2) is 14.6 Å². The molecular weight excluding hydrogens is 298 g/mol. The van der Waals surface area contributed by atoms with E-state index in [4.69, 9.17) is 5.11 Å². The Hall–Kier alpha value is -1.28. The lowest BCUT2D eigenvalue weighted by molar-refractivity contribution is 0.0701. The van der Waals surface area contributed by atoms with Crippen molar-refractivity contribution in [2.75, 3.05) is 18.1 Å². The van der Waals surface area contributed by atoms with Crippen molar-refractivity contribution in [2.45, 2.75) is 19.9 Å². The summed E-state index contributed by atoms with van der Waals surface area (Å²) in [7, 11) is 0. The fraction of sp³-hybridized carbons (Fsp3) is 0.583. The fourth-order valence-corrected chi connectivity index (χ4v) is 4.05. The number of hydrogen-bond donors (Lipinski definition) is 3. The molecule has 1 fully saturated rings. The second-order valence-corrected chi connectivity index (χ2v) is 6.85. The van der Waals surface area contributed by atoms with Gasteiger partial charge in [0.2, 0.25) is 0 Å². The van der Waals surface area contributed by atoms with Gasteiger partial charge in [0.05, 0.1) is 12.2 Å². The van der Waals surface area contributed by atoms with Crippen LogP contribution in [-0.4, -0.2) is 40.1 Å². The van der Waals surface area contributed by atoms with Crippen molar-refractivity contribution in [1.82, 2.24) is 15.6 Å². The normalized spacial score (nSPS) is 17.9. The zero-order chi connectivity index (χ0) is 14.5. The zero-order valence-electron chi connectivity index (χ0n) is 11.1. The van der Waals surface area contributed by atoms with Crippen molar-refractivity contribution in [3.05, 3.63) is 15.6 Å². The molecule has 1 aliphatic heterocycles. The summed E-state index contributed by atoms with van der Waals surface area (Å²) in [5.41, 5.74) is 0.489. The summed E-state index contributed by atoms with van der Waals surface area (Å²) in [4.78, 5) is 26.9. The van der Waals surface area contributed by atoms with E-state index < -0.39 is 5.97 Å². The van der Waals surface area contributed by atoms with Crippen molar-refractivity contribution in [2.24, 2.45) is 5.92 Å². The molecule has 1 saturated heterocycles. The third-order valence-corrected chi connectivity index (χ3v) is 5.39. The van der Waals surface area contributed by atoms with Gasteiger partial charge in [-0.1, -0.05) is 0 Å². The Labute approximate surface area is 125 Å². The van der Waals surface area contributed by atoms with E-state index in [0.29, 0.717) is 23.2 Å². The minimum absolute atomic E-state index is 0.227. The van der Waals surface area contributed by atoms with Gasteiger partial charge in [-0.3, -0.25) is 0 Å². The number of nitrogens with one attached hydrogen (secondary N) is 2. The highest BCUT2D eigenvalue weighted by Gasteiger charge is 2.17. The first-order chi connectivity index (χ1) is 9.56. The van der Waals surface area contributed by atoms with Crippen LogP contribution in [0.4, 0.5) is 4.79 Å².